The van der Waals surface area contributed by atoms with Gasteiger partial charge in [0.05, 0.1) is 0 Å². The number of fused-ring (bicyclic) bond motifs is 1. The Morgan fingerprint density at radius 3 is 2.75 bits per heavy atom. The Morgan fingerprint density at radius 1 is 1.20 bits per heavy atom. The summed E-state index contributed by atoms with van der Waals surface area (Å²) in [4.78, 5) is 15.9. The zero-order valence-electron chi connectivity index (χ0n) is 10.9. The van der Waals surface area contributed by atoms with Gasteiger partial charge in [-0.25, -0.2) is 0 Å². The van der Waals surface area contributed by atoms with Crippen LogP contribution in [0.3, 0.4) is 0 Å². The van der Waals surface area contributed by atoms with Gasteiger partial charge in [0, 0.05) is 38.4 Å². The molecule has 4 heteroatoms. The molecular formula is C16H13BrN2O. The molecule has 0 aliphatic heterocycles. The van der Waals surface area contributed by atoms with Crippen molar-refractivity contribution in [3.05, 3.63) is 63.8 Å². The predicted molar refractivity (Wildman–Crippen MR) is 85.0 cm³/mol. The fraction of sp³-hybridized carbons (Fsp3) is 0.0625. The summed E-state index contributed by atoms with van der Waals surface area (Å²) in [5.41, 5.74) is 9.57. The molecule has 3 aromatic rings. The van der Waals surface area contributed by atoms with Crippen molar-refractivity contribution >= 4 is 38.3 Å². The minimum Gasteiger partial charge on any atom is -0.399 e. The van der Waals surface area contributed by atoms with E-state index in [1.165, 1.54) is 0 Å². The Balaban J connectivity index is 2.18. The van der Waals surface area contributed by atoms with E-state index in [0.717, 1.165) is 20.9 Å². The summed E-state index contributed by atoms with van der Waals surface area (Å²) in [6.07, 6.45) is 1.76. The van der Waals surface area contributed by atoms with Gasteiger partial charge in [0.25, 0.3) is 0 Å². The SMILES string of the molecule is Cc1cc(N)ccc1C(=O)c1c[nH]c2cccc(Br)c12. The molecule has 0 radical (unpaired) electrons. The second-order valence-corrected chi connectivity index (χ2v) is 5.62. The molecule has 0 amide bonds. The van der Waals surface area contributed by atoms with Crippen LogP contribution >= 0.6 is 15.9 Å². The molecule has 20 heavy (non-hydrogen) atoms. The van der Waals surface area contributed by atoms with E-state index in [2.05, 4.69) is 20.9 Å². The van der Waals surface area contributed by atoms with Crippen molar-refractivity contribution in [3.63, 3.8) is 0 Å². The van der Waals surface area contributed by atoms with E-state index in [-0.39, 0.29) is 5.78 Å². The fourth-order valence-corrected chi connectivity index (χ4v) is 2.99. The van der Waals surface area contributed by atoms with Crippen molar-refractivity contribution in [2.75, 3.05) is 5.73 Å². The third-order valence-corrected chi connectivity index (χ3v) is 4.06. The number of H-pyrrole nitrogens is 1. The predicted octanol–water partition coefficient (Wildman–Crippen LogP) is 4.05. The van der Waals surface area contributed by atoms with Gasteiger partial charge >= 0.3 is 0 Å². The van der Waals surface area contributed by atoms with E-state index < -0.39 is 0 Å². The van der Waals surface area contributed by atoms with Crippen LogP contribution in [-0.4, -0.2) is 10.8 Å². The third kappa shape index (κ3) is 2.02. The molecule has 0 aliphatic carbocycles. The fourth-order valence-electron chi connectivity index (χ4n) is 2.41. The van der Waals surface area contributed by atoms with E-state index >= 15 is 0 Å². The molecule has 1 aromatic heterocycles. The lowest BCUT2D eigenvalue weighted by Gasteiger charge is -2.06. The Bertz CT molecular complexity index is 820. The Kier molecular flexibility index (Phi) is 3.10. The molecule has 3 rings (SSSR count). The van der Waals surface area contributed by atoms with Crippen molar-refractivity contribution in [1.29, 1.82) is 0 Å². The van der Waals surface area contributed by atoms with Crippen molar-refractivity contribution in [2.45, 2.75) is 6.92 Å². The van der Waals surface area contributed by atoms with Gasteiger partial charge in [-0.2, -0.15) is 0 Å². The van der Waals surface area contributed by atoms with Gasteiger partial charge in [-0.15, -0.1) is 0 Å². The highest BCUT2D eigenvalue weighted by atomic mass is 79.9. The highest BCUT2D eigenvalue weighted by Crippen LogP contribution is 2.29. The van der Waals surface area contributed by atoms with Crippen LogP contribution in [0.5, 0.6) is 0 Å². The molecule has 0 atom stereocenters. The first-order valence-electron chi connectivity index (χ1n) is 6.24. The maximum atomic E-state index is 12.7. The van der Waals surface area contributed by atoms with Gasteiger partial charge in [0.2, 0.25) is 0 Å². The number of aromatic nitrogens is 1. The molecule has 3 nitrogen and oxygen atoms in total. The maximum Gasteiger partial charge on any atom is 0.195 e. The standard InChI is InChI=1S/C16H13BrN2O/c1-9-7-10(18)5-6-11(9)16(20)12-8-19-14-4-2-3-13(17)15(12)14/h2-8,19H,18H2,1H3. The van der Waals surface area contributed by atoms with E-state index in [9.17, 15) is 4.79 Å². The highest BCUT2D eigenvalue weighted by molar-refractivity contribution is 9.10. The average molecular weight is 329 g/mol. The molecule has 0 fully saturated rings. The zero-order valence-corrected chi connectivity index (χ0v) is 12.5. The minimum atomic E-state index is 0.000602. The molecular weight excluding hydrogens is 316 g/mol. The molecule has 0 unspecified atom stereocenters. The van der Waals surface area contributed by atoms with Crippen LogP contribution in [0.4, 0.5) is 5.69 Å². The first-order valence-corrected chi connectivity index (χ1v) is 7.03. The number of carbonyl (C=O) groups is 1. The van der Waals surface area contributed by atoms with Gasteiger partial charge in [-0.05, 0) is 42.8 Å². The molecule has 0 saturated heterocycles. The van der Waals surface area contributed by atoms with Crippen LogP contribution < -0.4 is 5.73 Å². The number of carbonyl (C=O) groups excluding carboxylic acids is 1. The first kappa shape index (κ1) is 12.9. The van der Waals surface area contributed by atoms with Gasteiger partial charge in [0.15, 0.2) is 5.78 Å². The number of halogens is 1. The molecule has 0 bridgehead atoms. The van der Waals surface area contributed by atoms with E-state index in [1.807, 2.05) is 31.2 Å². The minimum absolute atomic E-state index is 0.000602. The van der Waals surface area contributed by atoms with Gasteiger partial charge < -0.3 is 10.7 Å². The zero-order chi connectivity index (χ0) is 14.3. The summed E-state index contributed by atoms with van der Waals surface area (Å²) >= 11 is 3.51. The number of anilines is 1. The topological polar surface area (TPSA) is 58.9 Å². The summed E-state index contributed by atoms with van der Waals surface area (Å²) in [6.45, 7) is 1.90. The number of aryl methyl sites for hydroxylation is 1. The summed E-state index contributed by atoms with van der Waals surface area (Å²) in [7, 11) is 0. The van der Waals surface area contributed by atoms with Crippen LogP contribution in [0, 0.1) is 6.92 Å². The van der Waals surface area contributed by atoms with Crippen LogP contribution in [0.2, 0.25) is 0 Å². The molecule has 100 valence electrons. The van der Waals surface area contributed by atoms with Crippen molar-refractivity contribution < 1.29 is 4.79 Å². The van der Waals surface area contributed by atoms with Crippen LogP contribution in [0.15, 0.2) is 47.1 Å². The Morgan fingerprint density at radius 2 is 2.00 bits per heavy atom. The molecule has 0 saturated carbocycles. The number of rotatable bonds is 2. The number of hydrogen-bond donors (Lipinski definition) is 2. The molecule has 2 aromatic carbocycles. The number of aromatic amines is 1. The lowest BCUT2D eigenvalue weighted by atomic mass is 9.98. The van der Waals surface area contributed by atoms with E-state index in [1.54, 1.807) is 18.3 Å². The maximum absolute atomic E-state index is 12.7. The summed E-state index contributed by atoms with van der Waals surface area (Å²) in [5.74, 6) is 0.000602. The van der Waals surface area contributed by atoms with Crippen molar-refractivity contribution in [3.8, 4) is 0 Å². The highest BCUT2D eigenvalue weighted by Gasteiger charge is 2.17. The molecule has 0 aliphatic rings. The summed E-state index contributed by atoms with van der Waals surface area (Å²) < 4.78 is 0.910. The van der Waals surface area contributed by atoms with Crippen LogP contribution in [-0.2, 0) is 0 Å². The lowest BCUT2D eigenvalue weighted by Crippen LogP contribution is -2.03. The normalized spacial score (nSPS) is 10.9. The number of ketones is 1. The molecule has 0 spiro atoms. The largest absolute Gasteiger partial charge is 0.399 e. The lowest BCUT2D eigenvalue weighted by molar-refractivity contribution is 0.104. The number of hydrogen-bond acceptors (Lipinski definition) is 2. The summed E-state index contributed by atoms with van der Waals surface area (Å²) in [6, 6.07) is 11.2. The monoisotopic (exact) mass is 328 g/mol. The third-order valence-electron chi connectivity index (χ3n) is 3.39. The molecule has 1 heterocycles. The van der Waals surface area contributed by atoms with E-state index in [4.69, 9.17) is 5.73 Å². The summed E-state index contributed by atoms with van der Waals surface area (Å²) in [5, 5.41) is 0.911. The Hall–Kier alpha value is -2.07. The van der Waals surface area contributed by atoms with Gasteiger partial charge in [0.1, 0.15) is 0 Å². The van der Waals surface area contributed by atoms with Crippen molar-refractivity contribution in [2.24, 2.45) is 0 Å². The van der Waals surface area contributed by atoms with E-state index in [0.29, 0.717) is 16.8 Å². The number of nitrogens with one attached hydrogen (secondary N) is 1. The average Bonchev–Trinajstić information content (AvgIpc) is 2.83. The number of benzene rings is 2. The van der Waals surface area contributed by atoms with Gasteiger partial charge in [-0.3, -0.25) is 4.79 Å². The number of nitrogen functional groups attached to an aromatic ring is 1. The van der Waals surface area contributed by atoms with Crippen LogP contribution in [0.1, 0.15) is 21.5 Å². The smallest absolute Gasteiger partial charge is 0.195 e. The Labute approximate surface area is 124 Å². The molecule has 3 N–H and O–H groups in total. The van der Waals surface area contributed by atoms with Gasteiger partial charge in [-0.1, -0.05) is 22.0 Å². The quantitative estimate of drug-likeness (QED) is 0.550. The second kappa shape index (κ2) is 4.80. The first-order chi connectivity index (χ1) is 9.58. The van der Waals surface area contributed by atoms with Crippen molar-refractivity contribution in [1.82, 2.24) is 4.98 Å². The number of nitrogens with two attached hydrogens (primary N) is 1. The second-order valence-electron chi connectivity index (χ2n) is 4.77. The van der Waals surface area contributed by atoms with Crippen LogP contribution in [0.25, 0.3) is 10.9 Å².